The number of halogens is 1. The molecule has 0 aliphatic carbocycles. The van der Waals surface area contributed by atoms with Crippen molar-refractivity contribution in [3.8, 4) is 0 Å². The van der Waals surface area contributed by atoms with Crippen molar-refractivity contribution in [1.29, 1.82) is 0 Å². The van der Waals surface area contributed by atoms with E-state index in [4.69, 9.17) is 5.73 Å². The summed E-state index contributed by atoms with van der Waals surface area (Å²) in [5, 5.41) is 0. The third-order valence-corrected chi connectivity index (χ3v) is 3.93. The Balaban J connectivity index is 0.00000180. The molecule has 0 saturated carbocycles. The van der Waals surface area contributed by atoms with Gasteiger partial charge in [0.05, 0.1) is 0 Å². The highest BCUT2D eigenvalue weighted by atomic mass is 35.5. The second kappa shape index (κ2) is 7.51. The van der Waals surface area contributed by atoms with Crippen molar-refractivity contribution in [2.45, 2.75) is 32.2 Å². The number of carbonyl (C=O) groups is 1. The predicted molar refractivity (Wildman–Crippen MR) is 80.2 cm³/mol. The Bertz CT molecular complexity index is 388. The zero-order chi connectivity index (χ0) is 13.0. The number of likely N-dealkylation sites (tertiary alicyclic amines) is 1. The minimum absolute atomic E-state index is 0. The van der Waals surface area contributed by atoms with Gasteiger partial charge in [-0.2, -0.15) is 0 Å². The van der Waals surface area contributed by atoms with Gasteiger partial charge in [-0.3, -0.25) is 4.79 Å². The number of nitrogens with zero attached hydrogens (tertiary/aromatic N) is 1. The molecule has 1 aromatic carbocycles. The van der Waals surface area contributed by atoms with Crippen LogP contribution in [0.2, 0.25) is 0 Å². The van der Waals surface area contributed by atoms with Crippen molar-refractivity contribution < 1.29 is 4.79 Å². The maximum atomic E-state index is 12.3. The topological polar surface area (TPSA) is 46.3 Å². The molecule has 1 heterocycles. The van der Waals surface area contributed by atoms with Gasteiger partial charge in [0.1, 0.15) is 6.04 Å². The first kappa shape index (κ1) is 16.0. The van der Waals surface area contributed by atoms with E-state index in [1.165, 1.54) is 6.42 Å². The van der Waals surface area contributed by atoms with E-state index >= 15 is 0 Å². The Hall–Kier alpha value is -1.06. The summed E-state index contributed by atoms with van der Waals surface area (Å²) in [6.45, 7) is 3.94. The molecule has 1 aromatic rings. The number of rotatable bonds is 3. The summed E-state index contributed by atoms with van der Waals surface area (Å²) in [5.74, 6) is 0.845. The number of carbonyl (C=O) groups excluding carboxylic acids is 1. The average molecular weight is 283 g/mol. The van der Waals surface area contributed by atoms with Crippen molar-refractivity contribution in [2.75, 3.05) is 13.1 Å². The second-order valence-corrected chi connectivity index (χ2v) is 5.07. The van der Waals surface area contributed by atoms with Gasteiger partial charge in [-0.15, -0.1) is 12.4 Å². The van der Waals surface area contributed by atoms with Crippen LogP contribution in [0.15, 0.2) is 30.3 Å². The lowest BCUT2D eigenvalue weighted by Gasteiger charge is -2.33. The molecule has 0 aromatic heterocycles. The van der Waals surface area contributed by atoms with Crippen molar-refractivity contribution in [2.24, 2.45) is 11.7 Å². The number of hydrogen-bond acceptors (Lipinski definition) is 2. The molecule has 19 heavy (non-hydrogen) atoms. The highest BCUT2D eigenvalue weighted by molar-refractivity contribution is 5.85. The van der Waals surface area contributed by atoms with Gasteiger partial charge in [0.15, 0.2) is 0 Å². The summed E-state index contributed by atoms with van der Waals surface area (Å²) < 4.78 is 0. The van der Waals surface area contributed by atoms with Crippen LogP contribution in [0.3, 0.4) is 0 Å². The summed E-state index contributed by atoms with van der Waals surface area (Å²) in [5.41, 5.74) is 6.95. The predicted octanol–water partition coefficient (Wildman–Crippen LogP) is 2.76. The van der Waals surface area contributed by atoms with Crippen LogP contribution in [0.5, 0.6) is 0 Å². The minimum atomic E-state index is -0.510. The maximum Gasteiger partial charge on any atom is 0.244 e. The molecule has 3 nitrogen and oxygen atoms in total. The zero-order valence-electron chi connectivity index (χ0n) is 11.4. The van der Waals surface area contributed by atoms with E-state index in [-0.39, 0.29) is 18.3 Å². The highest BCUT2D eigenvalue weighted by Crippen LogP contribution is 2.22. The fraction of sp³-hybridized carbons (Fsp3) is 0.533. The Morgan fingerprint density at radius 1 is 1.32 bits per heavy atom. The van der Waals surface area contributed by atoms with E-state index in [0.717, 1.165) is 37.4 Å². The van der Waals surface area contributed by atoms with Crippen LogP contribution >= 0.6 is 12.4 Å². The van der Waals surface area contributed by atoms with E-state index in [2.05, 4.69) is 6.92 Å². The average Bonchev–Trinajstić information content (AvgIpc) is 2.47. The molecule has 106 valence electrons. The van der Waals surface area contributed by atoms with E-state index in [9.17, 15) is 4.79 Å². The van der Waals surface area contributed by atoms with Gasteiger partial charge in [0.2, 0.25) is 5.91 Å². The second-order valence-electron chi connectivity index (χ2n) is 5.07. The first-order valence-corrected chi connectivity index (χ1v) is 6.81. The third-order valence-electron chi connectivity index (χ3n) is 3.93. The van der Waals surface area contributed by atoms with E-state index in [0.29, 0.717) is 0 Å². The molecule has 2 rings (SSSR count). The fourth-order valence-electron chi connectivity index (χ4n) is 2.56. The monoisotopic (exact) mass is 282 g/mol. The van der Waals surface area contributed by atoms with Crippen molar-refractivity contribution in [3.05, 3.63) is 35.9 Å². The number of benzene rings is 1. The highest BCUT2D eigenvalue weighted by Gasteiger charge is 2.26. The maximum absolute atomic E-state index is 12.3. The van der Waals surface area contributed by atoms with Crippen LogP contribution in [0.25, 0.3) is 0 Å². The molecule has 4 heteroatoms. The van der Waals surface area contributed by atoms with Gasteiger partial charge >= 0.3 is 0 Å². The van der Waals surface area contributed by atoms with Crippen LogP contribution in [-0.4, -0.2) is 23.9 Å². The van der Waals surface area contributed by atoms with Crippen molar-refractivity contribution in [1.82, 2.24) is 4.90 Å². The van der Waals surface area contributed by atoms with Gasteiger partial charge in [0.25, 0.3) is 0 Å². The summed E-state index contributed by atoms with van der Waals surface area (Å²) >= 11 is 0. The van der Waals surface area contributed by atoms with E-state index in [1.807, 2.05) is 35.2 Å². The van der Waals surface area contributed by atoms with Crippen LogP contribution in [0.4, 0.5) is 0 Å². The fourth-order valence-corrected chi connectivity index (χ4v) is 2.56. The molecule has 2 N–H and O–H groups in total. The molecule has 0 bridgehead atoms. The minimum Gasteiger partial charge on any atom is -0.341 e. The van der Waals surface area contributed by atoms with Crippen molar-refractivity contribution in [3.63, 3.8) is 0 Å². The van der Waals surface area contributed by atoms with E-state index in [1.54, 1.807) is 0 Å². The molecular weight excluding hydrogens is 260 g/mol. The first-order chi connectivity index (χ1) is 8.72. The summed E-state index contributed by atoms with van der Waals surface area (Å²) in [4.78, 5) is 14.2. The molecule has 1 unspecified atom stereocenters. The Labute approximate surface area is 121 Å². The molecule has 1 aliphatic heterocycles. The van der Waals surface area contributed by atoms with Crippen LogP contribution in [-0.2, 0) is 4.79 Å². The molecule has 1 aliphatic rings. The van der Waals surface area contributed by atoms with Gasteiger partial charge < -0.3 is 10.6 Å². The summed E-state index contributed by atoms with van der Waals surface area (Å²) in [6.07, 6.45) is 3.44. The summed E-state index contributed by atoms with van der Waals surface area (Å²) in [6, 6.07) is 9.11. The Morgan fingerprint density at radius 2 is 1.89 bits per heavy atom. The number of nitrogens with two attached hydrogens (primary N) is 1. The first-order valence-electron chi connectivity index (χ1n) is 6.81. The number of hydrogen-bond donors (Lipinski definition) is 1. The zero-order valence-corrected chi connectivity index (χ0v) is 12.2. The standard InChI is InChI=1S/C15H22N2O.ClH/c1-2-12-8-10-17(11-9-12)15(18)14(16)13-6-4-3-5-7-13;/h3-7,12,14H,2,8-11,16H2,1H3;1H. The molecule has 0 spiro atoms. The number of piperidine rings is 1. The molecular formula is C15H23ClN2O. The lowest BCUT2D eigenvalue weighted by atomic mass is 9.93. The Kier molecular flexibility index (Phi) is 6.32. The lowest BCUT2D eigenvalue weighted by Crippen LogP contribution is -2.43. The lowest BCUT2D eigenvalue weighted by molar-refractivity contribution is -0.134. The smallest absolute Gasteiger partial charge is 0.244 e. The molecule has 1 atom stereocenters. The molecule has 1 saturated heterocycles. The molecule has 1 fully saturated rings. The van der Waals surface area contributed by atoms with Gasteiger partial charge in [-0.1, -0.05) is 43.7 Å². The quantitative estimate of drug-likeness (QED) is 0.927. The van der Waals surface area contributed by atoms with Gasteiger partial charge in [0, 0.05) is 13.1 Å². The van der Waals surface area contributed by atoms with E-state index < -0.39 is 6.04 Å². The Morgan fingerprint density at radius 3 is 2.42 bits per heavy atom. The molecule has 0 radical (unpaired) electrons. The van der Waals surface area contributed by atoms with Crippen LogP contribution < -0.4 is 5.73 Å². The van der Waals surface area contributed by atoms with Crippen LogP contribution in [0.1, 0.15) is 37.8 Å². The number of amides is 1. The molecule has 1 amide bonds. The normalized spacial score (nSPS) is 17.7. The van der Waals surface area contributed by atoms with Crippen molar-refractivity contribution >= 4 is 18.3 Å². The third kappa shape index (κ3) is 3.95. The van der Waals surface area contributed by atoms with Gasteiger partial charge in [-0.05, 0) is 24.3 Å². The largest absolute Gasteiger partial charge is 0.341 e. The SMILES string of the molecule is CCC1CCN(C(=O)C(N)c2ccccc2)CC1.Cl. The van der Waals surface area contributed by atoms with Crippen LogP contribution in [0, 0.1) is 5.92 Å². The van der Waals surface area contributed by atoms with Gasteiger partial charge in [-0.25, -0.2) is 0 Å². The summed E-state index contributed by atoms with van der Waals surface area (Å²) in [7, 11) is 0.